The van der Waals surface area contributed by atoms with Crippen LogP contribution >= 0.6 is 11.8 Å². The van der Waals surface area contributed by atoms with Gasteiger partial charge in [0.15, 0.2) is 0 Å². The Kier molecular flexibility index (Phi) is 6.30. The molecule has 0 radical (unpaired) electrons. The van der Waals surface area contributed by atoms with Gasteiger partial charge in [-0.1, -0.05) is 48.9 Å². The molecule has 26 heavy (non-hydrogen) atoms. The minimum atomic E-state index is -0.352. The van der Waals surface area contributed by atoms with Crippen LogP contribution in [0, 0.1) is 0 Å². The summed E-state index contributed by atoms with van der Waals surface area (Å²) < 4.78 is 0. The Bertz CT molecular complexity index is 794. The summed E-state index contributed by atoms with van der Waals surface area (Å²) in [6, 6.07) is 15.7. The highest BCUT2D eigenvalue weighted by atomic mass is 32.2. The number of fused-ring (bicyclic) bond motifs is 2. The minimum Gasteiger partial charge on any atom is -0.307 e. The quantitative estimate of drug-likeness (QED) is 0.434. The van der Waals surface area contributed by atoms with E-state index in [-0.39, 0.29) is 11.8 Å². The monoisotopic (exact) mass is 370 g/mol. The SMILES string of the molecule is O=C(CCCCCCN1C(=O)c2ccccc2Sc2ccccc21)NO. The van der Waals surface area contributed by atoms with E-state index in [0.29, 0.717) is 13.0 Å². The van der Waals surface area contributed by atoms with Gasteiger partial charge in [0.1, 0.15) is 0 Å². The highest BCUT2D eigenvalue weighted by Gasteiger charge is 2.26. The Morgan fingerprint density at radius 3 is 2.46 bits per heavy atom. The van der Waals surface area contributed by atoms with Crippen LogP contribution in [0.15, 0.2) is 58.3 Å². The van der Waals surface area contributed by atoms with E-state index < -0.39 is 0 Å². The number of benzene rings is 2. The van der Waals surface area contributed by atoms with Crippen molar-refractivity contribution in [1.82, 2.24) is 5.48 Å². The first-order valence-corrected chi connectivity index (χ1v) is 9.63. The molecule has 0 bridgehead atoms. The fourth-order valence-corrected chi connectivity index (χ4v) is 4.14. The lowest BCUT2D eigenvalue weighted by atomic mass is 10.1. The number of rotatable bonds is 7. The molecule has 0 fully saturated rings. The van der Waals surface area contributed by atoms with Crippen LogP contribution < -0.4 is 10.4 Å². The summed E-state index contributed by atoms with van der Waals surface area (Å²) in [6.45, 7) is 0.650. The molecule has 6 heteroatoms. The van der Waals surface area contributed by atoms with Gasteiger partial charge in [-0.25, -0.2) is 5.48 Å². The van der Waals surface area contributed by atoms with Crippen LogP contribution in [0.3, 0.4) is 0 Å². The third-order valence-electron chi connectivity index (χ3n) is 4.40. The standard InChI is InChI=1S/C20H22N2O3S/c23-19(21-25)13-3-1-2-8-14-22-16-10-5-7-12-18(16)26-17-11-6-4-9-15(17)20(22)24/h4-7,9-12,25H,1-3,8,13-14H2,(H,21,23). The molecule has 3 rings (SSSR count). The number of anilines is 1. The second-order valence-corrected chi connectivity index (χ2v) is 7.31. The Labute approximate surface area is 157 Å². The van der Waals surface area contributed by atoms with Crippen molar-refractivity contribution in [3.8, 4) is 0 Å². The summed E-state index contributed by atoms with van der Waals surface area (Å²) in [5, 5.41) is 8.49. The van der Waals surface area contributed by atoms with Crippen LogP contribution in [0.2, 0.25) is 0 Å². The summed E-state index contributed by atoms with van der Waals surface area (Å²) in [7, 11) is 0. The lowest BCUT2D eigenvalue weighted by Crippen LogP contribution is -2.31. The number of hydrogen-bond acceptors (Lipinski definition) is 4. The van der Waals surface area contributed by atoms with E-state index in [1.54, 1.807) is 17.2 Å². The molecular formula is C20H22N2O3S. The first kappa shape index (κ1) is 18.5. The molecule has 1 heterocycles. The summed E-state index contributed by atoms with van der Waals surface area (Å²) >= 11 is 1.63. The molecule has 136 valence electrons. The maximum atomic E-state index is 13.1. The predicted octanol–water partition coefficient (Wildman–Crippen LogP) is 4.25. The van der Waals surface area contributed by atoms with Crippen molar-refractivity contribution >= 4 is 29.3 Å². The van der Waals surface area contributed by atoms with Crippen molar-refractivity contribution < 1.29 is 14.8 Å². The van der Waals surface area contributed by atoms with Gasteiger partial charge in [0.05, 0.1) is 11.3 Å². The zero-order chi connectivity index (χ0) is 18.4. The van der Waals surface area contributed by atoms with Crippen LogP contribution in [0.1, 0.15) is 42.5 Å². The largest absolute Gasteiger partial charge is 0.307 e. The Balaban J connectivity index is 1.67. The van der Waals surface area contributed by atoms with Gasteiger partial charge in [-0.15, -0.1) is 0 Å². The zero-order valence-electron chi connectivity index (χ0n) is 14.5. The molecular weight excluding hydrogens is 348 g/mol. The van der Waals surface area contributed by atoms with E-state index in [1.165, 1.54) is 0 Å². The Hall–Kier alpha value is -2.31. The van der Waals surface area contributed by atoms with E-state index in [9.17, 15) is 9.59 Å². The van der Waals surface area contributed by atoms with Crippen molar-refractivity contribution in [3.63, 3.8) is 0 Å². The predicted molar refractivity (Wildman–Crippen MR) is 102 cm³/mol. The van der Waals surface area contributed by atoms with Gasteiger partial charge < -0.3 is 4.90 Å². The maximum absolute atomic E-state index is 13.1. The van der Waals surface area contributed by atoms with Crippen LogP contribution in [0.4, 0.5) is 5.69 Å². The maximum Gasteiger partial charge on any atom is 0.259 e. The van der Waals surface area contributed by atoms with Crippen LogP contribution in [0.25, 0.3) is 0 Å². The molecule has 2 aromatic rings. The molecule has 0 atom stereocenters. The smallest absolute Gasteiger partial charge is 0.259 e. The fourth-order valence-electron chi connectivity index (χ4n) is 3.06. The molecule has 0 aliphatic carbocycles. The third-order valence-corrected chi connectivity index (χ3v) is 5.54. The van der Waals surface area contributed by atoms with Gasteiger partial charge in [-0.05, 0) is 37.1 Å². The summed E-state index contributed by atoms with van der Waals surface area (Å²) in [5.41, 5.74) is 3.35. The summed E-state index contributed by atoms with van der Waals surface area (Å²) in [4.78, 5) is 28.0. The first-order valence-electron chi connectivity index (χ1n) is 8.81. The number of carbonyl (C=O) groups is 2. The van der Waals surface area contributed by atoms with E-state index in [2.05, 4.69) is 6.07 Å². The molecule has 0 saturated heterocycles. The highest BCUT2D eigenvalue weighted by molar-refractivity contribution is 7.99. The topological polar surface area (TPSA) is 69.6 Å². The van der Waals surface area contributed by atoms with Crippen molar-refractivity contribution in [3.05, 3.63) is 54.1 Å². The number of para-hydroxylation sites is 1. The molecule has 0 unspecified atom stereocenters. The highest BCUT2D eigenvalue weighted by Crippen LogP contribution is 2.41. The molecule has 0 aromatic heterocycles. The van der Waals surface area contributed by atoms with Gasteiger partial charge >= 0.3 is 0 Å². The van der Waals surface area contributed by atoms with E-state index in [0.717, 1.165) is 46.7 Å². The second-order valence-electron chi connectivity index (χ2n) is 6.22. The molecule has 0 spiro atoms. The van der Waals surface area contributed by atoms with Crippen molar-refractivity contribution in [2.75, 3.05) is 11.4 Å². The molecule has 2 N–H and O–H groups in total. The molecule has 1 aliphatic rings. The first-order chi connectivity index (χ1) is 12.7. The van der Waals surface area contributed by atoms with Gasteiger partial charge in [-0.3, -0.25) is 14.8 Å². The van der Waals surface area contributed by atoms with Crippen LogP contribution in [0.5, 0.6) is 0 Å². The molecule has 2 aromatic carbocycles. The average Bonchev–Trinajstić information content (AvgIpc) is 2.79. The Morgan fingerprint density at radius 2 is 1.65 bits per heavy atom. The molecule has 1 aliphatic heterocycles. The lowest BCUT2D eigenvalue weighted by Gasteiger charge is -2.23. The van der Waals surface area contributed by atoms with Crippen LogP contribution in [-0.2, 0) is 4.79 Å². The van der Waals surface area contributed by atoms with Gasteiger partial charge in [0, 0.05) is 22.8 Å². The molecule has 5 nitrogen and oxygen atoms in total. The normalized spacial score (nSPS) is 13.0. The fraction of sp³-hybridized carbons (Fsp3) is 0.300. The van der Waals surface area contributed by atoms with Gasteiger partial charge in [0.25, 0.3) is 5.91 Å². The van der Waals surface area contributed by atoms with E-state index in [4.69, 9.17) is 5.21 Å². The number of nitrogens with zero attached hydrogens (tertiary/aromatic N) is 1. The summed E-state index contributed by atoms with van der Waals surface area (Å²) in [5.74, 6) is -0.312. The van der Waals surface area contributed by atoms with Crippen molar-refractivity contribution in [2.24, 2.45) is 0 Å². The number of nitrogens with one attached hydrogen (secondary N) is 1. The van der Waals surface area contributed by atoms with Gasteiger partial charge in [-0.2, -0.15) is 0 Å². The number of hydrogen-bond donors (Lipinski definition) is 2. The second kappa shape index (κ2) is 8.87. The van der Waals surface area contributed by atoms with Gasteiger partial charge in [0.2, 0.25) is 5.91 Å². The van der Waals surface area contributed by atoms with Crippen molar-refractivity contribution in [1.29, 1.82) is 0 Å². The van der Waals surface area contributed by atoms with Crippen LogP contribution in [-0.4, -0.2) is 23.6 Å². The van der Waals surface area contributed by atoms with E-state index >= 15 is 0 Å². The lowest BCUT2D eigenvalue weighted by molar-refractivity contribution is -0.129. The Morgan fingerprint density at radius 1 is 0.962 bits per heavy atom. The number of unbranched alkanes of at least 4 members (excludes halogenated alkanes) is 3. The number of carbonyl (C=O) groups excluding carboxylic acids is 2. The molecule has 0 saturated carbocycles. The number of hydroxylamine groups is 1. The van der Waals surface area contributed by atoms with Crippen molar-refractivity contribution in [2.45, 2.75) is 41.9 Å². The third kappa shape index (κ3) is 4.26. The summed E-state index contributed by atoms with van der Waals surface area (Å²) in [6.07, 6.45) is 3.75. The van der Waals surface area contributed by atoms with E-state index in [1.807, 2.05) is 47.4 Å². The number of amides is 2. The average molecular weight is 370 g/mol. The zero-order valence-corrected chi connectivity index (χ0v) is 15.3. The minimum absolute atomic E-state index is 0.0395. The molecule has 2 amide bonds.